The third kappa shape index (κ3) is 2.85. The molecule has 2 heteroatoms. The summed E-state index contributed by atoms with van der Waals surface area (Å²) in [5.74, 6) is 0.716. The summed E-state index contributed by atoms with van der Waals surface area (Å²) in [7, 11) is 0. The van der Waals surface area contributed by atoms with Gasteiger partial charge in [-0.3, -0.25) is 4.90 Å². The maximum Gasteiger partial charge on any atom is 0.0239 e. The normalized spacial score (nSPS) is 28.7. The van der Waals surface area contributed by atoms with E-state index in [4.69, 9.17) is 5.73 Å². The summed E-state index contributed by atoms with van der Waals surface area (Å²) in [5, 5.41) is 0. The van der Waals surface area contributed by atoms with Crippen LogP contribution in [0.25, 0.3) is 0 Å². The lowest BCUT2D eigenvalue weighted by atomic mass is 9.90. The van der Waals surface area contributed by atoms with Crippen molar-refractivity contribution in [2.75, 3.05) is 13.1 Å². The van der Waals surface area contributed by atoms with Crippen molar-refractivity contribution in [1.29, 1.82) is 0 Å². The van der Waals surface area contributed by atoms with Crippen LogP contribution in [0.15, 0.2) is 24.3 Å². The van der Waals surface area contributed by atoms with Crippen molar-refractivity contribution in [2.24, 2.45) is 11.7 Å². The fraction of sp³-hybridized carbons (Fsp3) is 0.647. The first-order valence-corrected chi connectivity index (χ1v) is 7.89. The molecule has 2 aliphatic rings. The molecule has 2 unspecified atom stereocenters. The standard InChI is InChI=1S/C17H26N2/c18-12-15-7-2-1-3-9-17(15)19-11-10-14-6-4-5-8-16(14)13-19/h4-6,8,15,17H,1-3,7,9-13,18H2. The minimum absolute atomic E-state index is 0.716. The van der Waals surface area contributed by atoms with Crippen molar-refractivity contribution >= 4 is 0 Å². The van der Waals surface area contributed by atoms with E-state index in [0.29, 0.717) is 5.92 Å². The highest BCUT2D eigenvalue weighted by atomic mass is 15.2. The highest BCUT2D eigenvalue weighted by molar-refractivity contribution is 5.29. The number of rotatable bonds is 2. The molecule has 2 atom stereocenters. The van der Waals surface area contributed by atoms with Crippen molar-refractivity contribution in [3.05, 3.63) is 35.4 Å². The number of hydrogen-bond donors (Lipinski definition) is 1. The van der Waals surface area contributed by atoms with Crippen molar-refractivity contribution < 1.29 is 0 Å². The molecule has 1 saturated carbocycles. The van der Waals surface area contributed by atoms with Crippen LogP contribution in [-0.2, 0) is 13.0 Å². The summed E-state index contributed by atoms with van der Waals surface area (Å²) in [5.41, 5.74) is 9.13. The summed E-state index contributed by atoms with van der Waals surface area (Å²) in [6.07, 6.45) is 8.06. The van der Waals surface area contributed by atoms with E-state index in [1.54, 1.807) is 5.56 Å². The van der Waals surface area contributed by atoms with Gasteiger partial charge in [-0.05, 0) is 42.9 Å². The second kappa shape index (κ2) is 6.06. The van der Waals surface area contributed by atoms with E-state index in [9.17, 15) is 0 Å². The van der Waals surface area contributed by atoms with E-state index >= 15 is 0 Å². The van der Waals surface area contributed by atoms with E-state index in [1.807, 2.05) is 0 Å². The monoisotopic (exact) mass is 258 g/mol. The molecule has 3 rings (SSSR count). The Morgan fingerprint density at radius 3 is 2.68 bits per heavy atom. The van der Waals surface area contributed by atoms with Crippen LogP contribution >= 0.6 is 0 Å². The topological polar surface area (TPSA) is 29.3 Å². The highest BCUT2D eigenvalue weighted by Crippen LogP contribution is 2.30. The summed E-state index contributed by atoms with van der Waals surface area (Å²) in [4.78, 5) is 2.71. The minimum Gasteiger partial charge on any atom is -0.330 e. The van der Waals surface area contributed by atoms with Crippen molar-refractivity contribution in [1.82, 2.24) is 4.90 Å². The first-order chi connectivity index (χ1) is 9.38. The lowest BCUT2D eigenvalue weighted by Crippen LogP contribution is -2.45. The fourth-order valence-electron chi connectivity index (χ4n) is 3.92. The third-order valence-electron chi connectivity index (χ3n) is 5.05. The molecule has 1 aromatic rings. The van der Waals surface area contributed by atoms with Gasteiger partial charge in [0.1, 0.15) is 0 Å². The Hall–Kier alpha value is -0.860. The van der Waals surface area contributed by atoms with Crippen LogP contribution in [0.3, 0.4) is 0 Å². The molecule has 1 aromatic carbocycles. The molecular formula is C17H26N2. The fourth-order valence-corrected chi connectivity index (χ4v) is 3.92. The molecule has 0 saturated heterocycles. The molecule has 19 heavy (non-hydrogen) atoms. The third-order valence-corrected chi connectivity index (χ3v) is 5.05. The lowest BCUT2D eigenvalue weighted by molar-refractivity contribution is 0.121. The van der Waals surface area contributed by atoms with E-state index in [2.05, 4.69) is 29.2 Å². The molecule has 1 fully saturated rings. The predicted molar refractivity (Wildman–Crippen MR) is 80.0 cm³/mol. The molecule has 0 radical (unpaired) electrons. The molecule has 1 aliphatic heterocycles. The Bertz CT molecular complexity index is 415. The molecule has 0 bridgehead atoms. The predicted octanol–water partition coefficient (Wildman–Crippen LogP) is 2.95. The summed E-state index contributed by atoms with van der Waals surface area (Å²) in [6, 6.07) is 9.66. The minimum atomic E-state index is 0.716. The van der Waals surface area contributed by atoms with Gasteiger partial charge in [0.05, 0.1) is 0 Å². The summed E-state index contributed by atoms with van der Waals surface area (Å²) < 4.78 is 0. The van der Waals surface area contributed by atoms with Gasteiger partial charge in [-0.1, -0.05) is 43.5 Å². The molecule has 2 nitrogen and oxygen atoms in total. The number of nitrogens with zero attached hydrogens (tertiary/aromatic N) is 1. The lowest BCUT2D eigenvalue weighted by Gasteiger charge is -2.39. The average Bonchev–Trinajstić information content (AvgIpc) is 2.72. The Labute approximate surface area is 117 Å². The van der Waals surface area contributed by atoms with Gasteiger partial charge in [0.15, 0.2) is 0 Å². The molecule has 1 aliphatic carbocycles. The van der Waals surface area contributed by atoms with Crippen LogP contribution in [0.1, 0.15) is 43.2 Å². The Balaban J connectivity index is 1.75. The van der Waals surface area contributed by atoms with Gasteiger partial charge in [-0.25, -0.2) is 0 Å². The van der Waals surface area contributed by atoms with E-state index < -0.39 is 0 Å². The van der Waals surface area contributed by atoms with Gasteiger partial charge in [0.25, 0.3) is 0 Å². The van der Waals surface area contributed by atoms with Gasteiger partial charge in [0, 0.05) is 19.1 Å². The molecule has 0 aromatic heterocycles. The zero-order chi connectivity index (χ0) is 13.1. The molecule has 0 spiro atoms. The highest BCUT2D eigenvalue weighted by Gasteiger charge is 2.29. The first kappa shape index (κ1) is 13.1. The molecule has 0 amide bonds. The zero-order valence-corrected chi connectivity index (χ0v) is 11.9. The number of benzene rings is 1. The number of fused-ring (bicyclic) bond motifs is 1. The van der Waals surface area contributed by atoms with Crippen LogP contribution in [-0.4, -0.2) is 24.0 Å². The largest absolute Gasteiger partial charge is 0.330 e. The van der Waals surface area contributed by atoms with E-state index in [0.717, 1.165) is 19.1 Å². The van der Waals surface area contributed by atoms with Gasteiger partial charge in [-0.15, -0.1) is 0 Å². The zero-order valence-electron chi connectivity index (χ0n) is 11.9. The average molecular weight is 258 g/mol. The van der Waals surface area contributed by atoms with Crippen LogP contribution in [0.4, 0.5) is 0 Å². The quantitative estimate of drug-likeness (QED) is 0.826. The van der Waals surface area contributed by atoms with Crippen molar-refractivity contribution in [3.63, 3.8) is 0 Å². The maximum atomic E-state index is 6.04. The SMILES string of the molecule is NCC1CCCCCC1N1CCc2ccccc2C1. The van der Waals surface area contributed by atoms with E-state index in [-0.39, 0.29) is 0 Å². The summed E-state index contributed by atoms with van der Waals surface area (Å²) in [6.45, 7) is 3.22. The van der Waals surface area contributed by atoms with Gasteiger partial charge < -0.3 is 5.73 Å². The summed E-state index contributed by atoms with van der Waals surface area (Å²) >= 11 is 0. The van der Waals surface area contributed by atoms with Gasteiger partial charge in [0.2, 0.25) is 0 Å². The molecule has 2 N–H and O–H groups in total. The Kier molecular flexibility index (Phi) is 4.19. The van der Waals surface area contributed by atoms with Crippen LogP contribution < -0.4 is 5.73 Å². The maximum absolute atomic E-state index is 6.04. The second-order valence-corrected chi connectivity index (χ2v) is 6.19. The van der Waals surface area contributed by atoms with Crippen molar-refractivity contribution in [2.45, 2.75) is 51.1 Å². The smallest absolute Gasteiger partial charge is 0.0239 e. The Morgan fingerprint density at radius 1 is 1.05 bits per heavy atom. The number of hydrogen-bond acceptors (Lipinski definition) is 2. The van der Waals surface area contributed by atoms with Crippen LogP contribution in [0.2, 0.25) is 0 Å². The van der Waals surface area contributed by atoms with Crippen LogP contribution in [0, 0.1) is 5.92 Å². The van der Waals surface area contributed by atoms with Crippen molar-refractivity contribution in [3.8, 4) is 0 Å². The second-order valence-electron chi connectivity index (χ2n) is 6.19. The Morgan fingerprint density at radius 2 is 1.84 bits per heavy atom. The van der Waals surface area contributed by atoms with Gasteiger partial charge >= 0.3 is 0 Å². The molecular weight excluding hydrogens is 232 g/mol. The molecule has 104 valence electrons. The van der Waals surface area contributed by atoms with Crippen LogP contribution in [0.5, 0.6) is 0 Å². The first-order valence-electron chi connectivity index (χ1n) is 7.89. The number of nitrogens with two attached hydrogens (primary N) is 1. The van der Waals surface area contributed by atoms with Gasteiger partial charge in [-0.2, -0.15) is 0 Å². The van der Waals surface area contributed by atoms with E-state index in [1.165, 1.54) is 50.6 Å². The molecule has 1 heterocycles.